The maximum Gasteiger partial charge on any atom is 0.421 e. The number of alkyl halides is 3. The number of aromatic nitrogens is 2. The number of nitrogens with one attached hydrogen (secondary N) is 2. The second kappa shape index (κ2) is 8.93. The lowest BCUT2D eigenvalue weighted by molar-refractivity contribution is -0.138. The van der Waals surface area contributed by atoms with E-state index in [-0.39, 0.29) is 11.8 Å². The molecule has 32 heavy (non-hydrogen) atoms. The van der Waals surface area contributed by atoms with Crippen LogP contribution in [0.25, 0.3) is 0 Å². The van der Waals surface area contributed by atoms with Crippen molar-refractivity contribution in [2.24, 2.45) is 0 Å². The third-order valence-electron chi connectivity index (χ3n) is 6.49. The lowest BCUT2D eigenvalue weighted by Gasteiger charge is -2.39. The van der Waals surface area contributed by atoms with Gasteiger partial charge in [-0.3, -0.25) is 14.5 Å². The summed E-state index contributed by atoms with van der Waals surface area (Å²) in [5.41, 5.74) is -0.267. The fourth-order valence-electron chi connectivity index (χ4n) is 4.70. The van der Waals surface area contributed by atoms with E-state index in [9.17, 15) is 22.8 Å². The molecule has 0 bridgehead atoms. The van der Waals surface area contributed by atoms with Gasteiger partial charge < -0.3 is 15.2 Å². The first-order chi connectivity index (χ1) is 15.3. The van der Waals surface area contributed by atoms with E-state index in [1.54, 1.807) is 19.3 Å². The predicted octanol–water partition coefficient (Wildman–Crippen LogP) is 2.61. The molecule has 1 aliphatic carbocycles. The van der Waals surface area contributed by atoms with Gasteiger partial charge in [-0.05, 0) is 43.5 Å². The number of nitrogens with zero attached hydrogens (tertiary/aromatic N) is 3. The Morgan fingerprint density at radius 2 is 1.88 bits per heavy atom. The monoisotopic (exact) mass is 449 g/mol. The molecule has 172 valence electrons. The fraction of sp³-hybridized carbons (Fsp3) is 0.500. The van der Waals surface area contributed by atoms with Gasteiger partial charge in [-0.25, -0.2) is 4.98 Å². The molecule has 2 fully saturated rings. The zero-order valence-corrected chi connectivity index (χ0v) is 17.8. The van der Waals surface area contributed by atoms with Gasteiger partial charge in [0.2, 0.25) is 0 Å². The number of carbonyl (C=O) groups excluding carboxylic acids is 1. The minimum Gasteiger partial charge on any atom is -0.368 e. The summed E-state index contributed by atoms with van der Waals surface area (Å²) in [6.45, 7) is 3.41. The average molecular weight is 449 g/mol. The van der Waals surface area contributed by atoms with Gasteiger partial charge in [0.05, 0.1) is 11.9 Å². The molecule has 2 unspecified atom stereocenters. The molecule has 2 aromatic heterocycles. The highest BCUT2D eigenvalue weighted by Gasteiger charge is 2.36. The van der Waals surface area contributed by atoms with Crippen molar-refractivity contribution in [2.75, 3.05) is 38.1 Å². The average Bonchev–Trinajstić information content (AvgIpc) is 3.28. The minimum atomic E-state index is -4.64. The van der Waals surface area contributed by atoms with Crippen molar-refractivity contribution < 1.29 is 18.0 Å². The number of anilines is 1. The highest BCUT2D eigenvalue weighted by atomic mass is 19.4. The van der Waals surface area contributed by atoms with Crippen LogP contribution in [0.3, 0.4) is 0 Å². The lowest BCUT2D eigenvalue weighted by Crippen LogP contribution is -2.49. The van der Waals surface area contributed by atoms with Gasteiger partial charge in [0.15, 0.2) is 0 Å². The largest absolute Gasteiger partial charge is 0.421 e. The Hall–Kier alpha value is -2.88. The maximum atomic E-state index is 12.8. The van der Waals surface area contributed by atoms with E-state index >= 15 is 0 Å². The van der Waals surface area contributed by atoms with Crippen LogP contribution in [0.1, 0.15) is 46.9 Å². The Morgan fingerprint density at radius 3 is 2.47 bits per heavy atom. The zero-order chi connectivity index (χ0) is 22.9. The molecule has 2 aromatic rings. The Bertz CT molecular complexity index is 1010. The normalized spacial score (nSPS) is 22.2. The molecule has 4 rings (SSSR count). The molecule has 0 radical (unpaired) electrons. The smallest absolute Gasteiger partial charge is 0.368 e. The number of aromatic amines is 1. The van der Waals surface area contributed by atoms with Gasteiger partial charge in [-0.1, -0.05) is 0 Å². The van der Waals surface area contributed by atoms with Crippen molar-refractivity contribution in [3.05, 3.63) is 57.8 Å². The Morgan fingerprint density at radius 1 is 1.12 bits per heavy atom. The molecule has 7 nitrogen and oxygen atoms in total. The molecule has 1 aliphatic heterocycles. The van der Waals surface area contributed by atoms with Crippen LogP contribution in [-0.4, -0.2) is 60.0 Å². The number of piperazine rings is 1. The Labute approximate surface area is 183 Å². The standard InChI is InChI=1S/C22H26F3N5O2/c1-26-21(32)19-6-4-16(13-27-19)30-10-8-29(9-11-30)15-3-2-14(12-15)18-7-5-17(20(31)28-18)22(23,24)25/h4-7,13-15H,2-3,8-12H2,1H3,(H,26,32)(H,28,31). The van der Waals surface area contributed by atoms with E-state index in [1.807, 2.05) is 6.07 Å². The van der Waals surface area contributed by atoms with E-state index < -0.39 is 17.3 Å². The van der Waals surface area contributed by atoms with Crippen molar-refractivity contribution in [3.63, 3.8) is 0 Å². The van der Waals surface area contributed by atoms with Crippen LogP contribution >= 0.6 is 0 Å². The van der Waals surface area contributed by atoms with Crippen molar-refractivity contribution in [1.82, 2.24) is 20.2 Å². The Balaban J connectivity index is 1.33. The molecule has 2 atom stereocenters. The first-order valence-corrected chi connectivity index (χ1v) is 10.7. The Kier molecular flexibility index (Phi) is 6.23. The van der Waals surface area contributed by atoms with Crippen LogP contribution in [0.4, 0.5) is 18.9 Å². The minimum absolute atomic E-state index is 0.0643. The molecule has 1 saturated heterocycles. The third kappa shape index (κ3) is 4.64. The van der Waals surface area contributed by atoms with Gasteiger partial charge in [0.1, 0.15) is 11.3 Å². The molecule has 0 spiro atoms. The summed E-state index contributed by atoms with van der Waals surface area (Å²) in [4.78, 5) is 34.8. The van der Waals surface area contributed by atoms with E-state index in [1.165, 1.54) is 6.07 Å². The summed E-state index contributed by atoms with van der Waals surface area (Å²) in [5, 5.41) is 2.55. The van der Waals surface area contributed by atoms with Crippen molar-refractivity contribution >= 4 is 11.6 Å². The summed E-state index contributed by atoms with van der Waals surface area (Å²) >= 11 is 0. The summed E-state index contributed by atoms with van der Waals surface area (Å²) in [5.74, 6) is -0.152. The lowest BCUT2D eigenvalue weighted by atomic mass is 10.0. The first kappa shape index (κ1) is 22.3. The second-order valence-corrected chi connectivity index (χ2v) is 8.32. The number of amides is 1. The van der Waals surface area contributed by atoms with Gasteiger partial charge in [0, 0.05) is 50.9 Å². The summed E-state index contributed by atoms with van der Waals surface area (Å²) in [6.07, 6.45) is -0.300. The number of H-pyrrole nitrogens is 1. The topological polar surface area (TPSA) is 81.3 Å². The molecule has 1 amide bonds. The van der Waals surface area contributed by atoms with E-state index in [4.69, 9.17) is 0 Å². The van der Waals surface area contributed by atoms with Gasteiger partial charge in [-0.2, -0.15) is 13.2 Å². The highest BCUT2D eigenvalue weighted by molar-refractivity contribution is 5.92. The van der Waals surface area contributed by atoms with Gasteiger partial charge in [0.25, 0.3) is 11.5 Å². The highest BCUT2D eigenvalue weighted by Crippen LogP contribution is 2.37. The van der Waals surface area contributed by atoms with Crippen LogP contribution in [0.15, 0.2) is 35.3 Å². The zero-order valence-electron chi connectivity index (χ0n) is 17.8. The quantitative estimate of drug-likeness (QED) is 0.750. The molecule has 10 heteroatoms. The second-order valence-electron chi connectivity index (χ2n) is 8.32. The summed E-state index contributed by atoms with van der Waals surface area (Å²) in [7, 11) is 1.57. The molecular weight excluding hydrogens is 423 g/mol. The van der Waals surface area contributed by atoms with E-state index in [0.29, 0.717) is 17.4 Å². The molecule has 0 aromatic carbocycles. The SMILES string of the molecule is CNC(=O)c1ccc(N2CCN(C3CCC(c4ccc(C(F)(F)F)c(=O)[nH]4)C3)CC2)cn1. The number of hydrogen-bond donors (Lipinski definition) is 2. The van der Waals surface area contributed by atoms with Crippen molar-refractivity contribution in [1.29, 1.82) is 0 Å². The van der Waals surface area contributed by atoms with E-state index in [0.717, 1.165) is 57.2 Å². The maximum absolute atomic E-state index is 12.8. The number of rotatable bonds is 4. The van der Waals surface area contributed by atoms with Crippen molar-refractivity contribution in [3.8, 4) is 0 Å². The fourth-order valence-corrected chi connectivity index (χ4v) is 4.70. The number of pyridine rings is 2. The molecule has 2 aliphatic rings. The van der Waals surface area contributed by atoms with Crippen LogP contribution in [-0.2, 0) is 6.18 Å². The van der Waals surface area contributed by atoms with Crippen LogP contribution in [0, 0.1) is 0 Å². The third-order valence-corrected chi connectivity index (χ3v) is 6.49. The summed E-state index contributed by atoms with van der Waals surface area (Å²) < 4.78 is 38.5. The molecular formula is C22H26F3N5O2. The van der Waals surface area contributed by atoms with Gasteiger partial charge >= 0.3 is 6.18 Å². The number of carbonyl (C=O) groups is 1. The van der Waals surface area contributed by atoms with Crippen LogP contribution in [0.2, 0.25) is 0 Å². The van der Waals surface area contributed by atoms with Crippen LogP contribution in [0.5, 0.6) is 0 Å². The molecule has 2 N–H and O–H groups in total. The first-order valence-electron chi connectivity index (χ1n) is 10.7. The molecule has 3 heterocycles. The predicted molar refractivity (Wildman–Crippen MR) is 114 cm³/mol. The van der Waals surface area contributed by atoms with Crippen molar-refractivity contribution in [2.45, 2.75) is 37.4 Å². The number of hydrogen-bond acceptors (Lipinski definition) is 5. The van der Waals surface area contributed by atoms with E-state index in [2.05, 4.69) is 25.1 Å². The summed E-state index contributed by atoms with van der Waals surface area (Å²) in [6, 6.07) is 6.27. The van der Waals surface area contributed by atoms with Gasteiger partial charge in [-0.15, -0.1) is 0 Å². The molecule has 1 saturated carbocycles. The number of halogens is 3. The van der Waals surface area contributed by atoms with Crippen LogP contribution < -0.4 is 15.8 Å².